The summed E-state index contributed by atoms with van der Waals surface area (Å²) in [6, 6.07) is 0. The van der Waals surface area contributed by atoms with Crippen molar-refractivity contribution in [2.24, 2.45) is 39.4 Å². The van der Waals surface area contributed by atoms with E-state index in [9.17, 15) is 34.5 Å². The summed E-state index contributed by atoms with van der Waals surface area (Å²) in [5.74, 6) is -2.85. The van der Waals surface area contributed by atoms with Gasteiger partial charge in [-0.3, -0.25) is 19.2 Å². The van der Waals surface area contributed by atoms with E-state index in [1.54, 1.807) is 13.8 Å². The fraction of sp³-hybridized carbons (Fsp3) is 0.750. The van der Waals surface area contributed by atoms with Crippen molar-refractivity contribution in [3.05, 3.63) is 23.8 Å². The van der Waals surface area contributed by atoms with Crippen LogP contribution >= 0.6 is 0 Å². The largest absolute Gasteiger partial charge is 0.456 e. The van der Waals surface area contributed by atoms with Crippen molar-refractivity contribution in [2.75, 3.05) is 0 Å². The summed E-state index contributed by atoms with van der Waals surface area (Å²) >= 11 is 0. The van der Waals surface area contributed by atoms with Gasteiger partial charge in [-0.2, -0.15) is 0 Å². The second kappa shape index (κ2) is 9.17. The summed E-state index contributed by atoms with van der Waals surface area (Å²) in [6.45, 7) is 15.4. The first kappa shape index (κ1) is 30.8. The number of esters is 1. The number of hydrogen-bond donors (Lipinski definition) is 3. The number of ketones is 3. The number of carbonyl (C=O) groups is 4. The minimum Gasteiger partial charge on any atom is -0.456 e. The van der Waals surface area contributed by atoms with Gasteiger partial charge in [0.25, 0.3) is 0 Å². The maximum Gasteiger partial charge on any atom is 0.303 e. The average molecular weight is 559 g/mol. The second-order valence-electron chi connectivity index (χ2n) is 14.8. The third kappa shape index (κ3) is 4.11. The van der Waals surface area contributed by atoms with Crippen LogP contribution in [0.25, 0.3) is 0 Å². The monoisotopic (exact) mass is 558 g/mol. The van der Waals surface area contributed by atoms with Gasteiger partial charge in [-0.1, -0.05) is 32.4 Å². The quantitative estimate of drug-likeness (QED) is 0.265. The number of Topliss-reactive ketones (excluding diaryl/α,β-unsaturated/α-hetero) is 2. The number of aliphatic hydroxyl groups is 3. The van der Waals surface area contributed by atoms with Crippen LogP contribution in [0.3, 0.4) is 0 Å². The number of rotatable bonds is 5. The Morgan fingerprint density at radius 2 is 1.65 bits per heavy atom. The lowest BCUT2D eigenvalue weighted by Crippen LogP contribution is -2.65. The van der Waals surface area contributed by atoms with Crippen molar-refractivity contribution in [1.82, 2.24) is 0 Å². The first-order chi connectivity index (χ1) is 18.1. The SMILES string of the molecule is CC(=O)OC(C)(C)/C=C/C(=O)[C@](C)(O)[C@@H]1[C@H](O)C[C@@]2(C)[C@@H]3CC=C4[C@@H](C[C@@H](O)C(=O)C4(C)C)[C@]3(C)C(=O)C[C@@]12C. The molecule has 0 amide bonds. The van der Waals surface area contributed by atoms with Crippen LogP contribution in [0.15, 0.2) is 23.8 Å². The van der Waals surface area contributed by atoms with Gasteiger partial charge in [-0.25, -0.2) is 0 Å². The Morgan fingerprint density at radius 1 is 1.05 bits per heavy atom. The van der Waals surface area contributed by atoms with Gasteiger partial charge in [0.1, 0.15) is 23.1 Å². The molecular weight excluding hydrogens is 512 g/mol. The molecule has 8 heteroatoms. The number of hydrogen-bond acceptors (Lipinski definition) is 8. The molecule has 4 rings (SSSR count). The van der Waals surface area contributed by atoms with Gasteiger partial charge < -0.3 is 20.1 Å². The molecule has 9 atom stereocenters. The molecular formula is C32H46O8. The van der Waals surface area contributed by atoms with Crippen LogP contribution in [0, 0.1) is 39.4 Å². The van der Waals surface area contributed by atoms with Crippen LogP contribution in [0.1, 0.15) is 88.0 Å². The summed E-state index contributed by atoms with van der Waals surface area (Å²) in [4.78, 5) is 52.1. The molecule has 8 nitrogen and oxygen atoms in total. The Morgan fingerprint density at radius 3 is 2.23 bits per heavy atom. The van der Waals surface area contributed by atoms with Gasteiger partial charge in [-0.05, 0) is 88.7 Å². The smallest absolute Gasteiger partial charge is 0.303 e. The second-order valence-corrected chi connectivity index (χ2v) is 14.8. The Kier molecular flexibility index (Phi) is 7.06. The Bertz CT molecular complexity index is 1210. The summed E-state index contributed by atoms with van der Waals surface area (Å²) < 4.78 is 5.23. The third-order valence-electron chi connectivity index (χ3n) is 11.5. The predicted molar refractivity (Wildman–Crippen MR) is 148 cm³/mol. The number of fused-ring (bicyclic) bond motifs is 5. The molecule has 0 bridgehead atoms. The van der Waals surface area contributed by atoms with E-state index in [0.29, 0.717) is 12.8 Å². The Hall–Kier alpha value is -2.16. The molecule has 3 fully saturated rings. The van der Waals surface area contributed by atoms with Gasteiger partial charge in [-0.15, -0.1) is 0 Å². The first-order valence-electron chi connectivity index (χ1n) is 14.4. The fourth-order valence-electron chi connectivity index (χ4n) is 9.40. The molecule has 0 aromatic heterocycles. The summed E-state index contributed by atoms with van der Waals surface area (Å²) in [5, 5.41) is 34.0. The molecule has 0 saturated heterocycles. The maximum absolute atomic E-state index is 14.3. The molecule has 222 valence electrons. The van der Waals surface area contributed by atoms with Crippen molar-refractivity contribution in [3.8, 4) is 0 Å². The minimum atomic E-state index is -1.99. The van der Waals surface area contributed by atoms with E-state index in [1.165, 1.54) is 26.0 Å². The molecule has 4 aliphatic rings. The van der Waals surface area contributed by atoms with Crippen molar-refractivity contribution in [2.45, 2.75) is 111 Å². The normalized spacial score (nSPS) is 42.4. The highest BCUT2D eigenvalue weighted by Gasteiger charge is 2.74. The molecule has 0 aromatic carbocycles. The molecule has 3 saturated carbocycles. The summed E-state index contributed by atoms with van der Waals surface area (Å²) in [6.07, 6.45) is 3.55. The lowest BCUT2D eigenvalue weighted by molar-refractivity contribution is -0.183. The van der Waals surface area contributed by atoms with E-state index < -0.39 is 62.7 Å². The van der Waals surface area contributed by atoms with Crippen LogP contribution in [0.4, 0.5) is 0 Å². The highest BCUT2D eigenvalue weighted by Crippen LogP contribution is 2.74. The van der Waals surface area contributed by atoms with Gasteiger partial charge in [0.2, 0.25) is 0 Å². The zero-order valence-corrected chi connectivity index (χ0v) is 25.3. The van der Waals surface area contributed by atoms with Crippen molar-refractivity contribution >= 4 is 23.3 Å². The zero-order chi connectivity index (χ0) is 30.4. The van der Waals surface area contributed by atoms with Crippen LogP contribution in [0.2, 0.25) is 0 Å². The number of carbonyl (C=O) groups excluding carboxylic acids is 4. The molecule has 0 aromatic rings. The molecule has 0 radical (unpaired) electrons. The fourth-order valence-corrected chi connectivity index (χ4v) is 9.40. The average Bonchev–Trinajstić information content (AvgIpc) is 3.01. The van der Waals surface area contributed by atoms with E-state index in [2.05, 4.69) is 13.0 Å². The summed E-state index contributed by atoms with van der Waals surface area (Å²) in [5.41, 5.74) is -5.43. The van der Waals surface area contributed by atoms with E-state index >= 15 is 0 Å². The lowest BCUT2D eigenvalue weighted by Gasteiger charge is -2.64. The minimum absolute atomic E-state index is 0.0284. The highest BCUT2D eigenvalue weighted by atomic mass is 16.6. The summed E-state index contributed by atoms with van der Waals surface area (Å²) in [7, 11) is 0. The molecule has 0 spiro atoms. The van der Waals surface area contributed by atoms with Crippen LogP contribution in [0.5, 0.6) is 0 Å². The van der Waals surface area contributed by atoms with Crippen molar-refractivity contribution < 1.29 is 39.2 Å². The first-order valence-corrected chi connectivity index (χ1v) is 14.4. The highest BCUT2D eigenvalue weighted by molar-refractivity contribution is 5.98. The lowest BCUT2D eigenvalue weighted by atomic mass is 9.38. The maximum atomic E-state index is 14.3. The molecule has 3 N–H and O–H groups in total. The van der Waals surface area contributed by atoms with Crippen LogP contribution < -0.4 is 0 Å². The molecule has 4 aliphatic carbocycles. The van der Waals surface area contributed by atoms with Gasteiger partial charge >= 0.3 is 5.97 Å². The number of allylic oxidation sites excluding steroid dienone is 2. The molecule has 0 aliphatic heterocycles. The van der Waals surface area contributed by atoms with E-state index in [-0.39, 0.29) is 36.2 Å². The Balaban J connectivity index is 1.75. The molecule has 40 heavy (non-hydrogen) atoms. The third-order valence-corrected chi connectivity index (χ3v) is 11.5. The zero-order valence-electron chi connectivity index (χ0n) is 25.3. The predicted octanol–water partition coefficient (Wildman–Crippen LogP) is 3.50. The van der Waals surface area contributed by atoms with Crippen LogP contribution in [-0.4, -0.2) is 62.0 Å². The van der Waals surface area contributed by atoms with E-state index in [1.807, 2.05) is 27.7 Å². The van der Waals surface area contributed by atoms with Gasteiger partial charge in [0.05, 0.1) is 6.10 Å². The molecule has 0 unspecified atom stereocenters. The van der Waals surface area contributed by atoms with Gasteiger partial charge in [0, 0.05) is 30.1 Å². The van der Waals surface area contributed by atoms with Crippen molar-refractivity contribution in [1.29, 1.82) is 0 Å². The van der Waals surface area contributed by atoms with E-state index in [0.717, 1.165) is 5.57 Å². The standard InChI is InChI=1S/C32H46O8/c1-17(33)40-27(2,3)13-12-23(36)32(9,39)25-21(35)15-29(6)22-11-10-18-19(14-20(34)26(38)28(18,4)5)31(22,8)24(37)16-30(25,29)7/h10,12-13,19-22,25,34-35,39H,11,14-16H2,1-9H3/b13-12+/t19-,20-,21-,22+,25-,29+,30+,31+,32+/m1/s1. The van der Waals surface area contributed by atoms with Gasteiger partial charge in [0.15, 0.2) is 11.6 Å². The van der Waals surface area contributed by atoms with Crippen molar-refractivity contribution in [3.63, 3.8) is 0 Å². The number of aliphatic hydroxyl groups excluding tert-OH is 2. The van der Waals surface area contributed by atoms with E-state index in [4.69, 9.17) is 4.74 Å². The molecule has 0 heterocycles. The van der Waals surface area contributed by atoms with Crippen LogP contribution in [-0.2, 0) is 23.9 Å². The Labute approximate surface area is 237 Å². The topological polar surface area (TPSA) is 138 Å². The number of ether oxygens (including phenoxy) is 1.